The maximum absolute atomic E-state index is 13.8. The van der Waals surface area contributed by atoms with Crippen LogP contribution in [0.5, 0.6) is 5.75 Å². The number of hydrogen-bond acceptors (Lipinski definition) is 4. The van der Waals surface area contributed by atoms with Crippen molar-refractivity contribution in [2.45, 2.75) is 0 Å². The normalized spacial score (nSPS) is 13.5. The zero-order chi connectivity index (χ0) is 12.6. The number of halogens is 2. The third-order valence-corrected chi connectivity index (χ3v) is 2.96. The Morgan fingerprint density at radius 3 is 3.00 bits per heavy atom. The first-order valence-electron chi connectivity index (χ1n) is 4.57. The summed E-state index contributed by atoms with van der Waals surface area (Å²) >= 11 is 2.95. The van der Waals surface area contributed by atoms with Crippen molar-refractivity contribution in [1.82, 2.24) is 0 Å². The highest BCUT2D eigenvalue weighted by molar-refractivity contribution is 9.10. The number of rotatable bonds is 1. The molecule has 2 rings (SSSR count). The van der Waals surface area contributed by atoms with Crippen molar-refractivity contribution >= 4 is 33.5 Å². The summed E-state index contributed by atoms with van der Waals surface area (Å²) < 4.78 is 23.2. The summed E-state index contributed by atoms with van der Waals surface area (Å²) in [7, 11) is 1.18. The van der Waals surface area contributed by atoms with Gasteiger partial charge in [0.05, 0.1) is 22.8 Å². The molecule has 1 aliphatic rings. The molecule has 1 aromatic carbocycles. The second-order valence-corrected chi connectivity index (χ2v) is 4.05. The van der Waals surface area contributed by atoms with Gasteiger partial charge in [0, 0.05) is 0 Å². The van der Waals surface area contributed by atoms with Gasteiger partial charge in [-0.2, -0.15) is 0 Å². The molecule has 0 spiro atoms. The Morgan fingerprint density at radius 1 is 1.65 bits per heavy atom. The van der Waals surface area contributed by atoms with Gasteiger partial charge in [0.25, 0.3) is 5.91 Å². The molecule has 0 aromatic heterocycles. The molecule has 0 saturated heterocycles. The summed E-state index contributed by atoms with van der Waals surface area (Å²) in [6.45, 7) is -0.256. The number of carbonyl (C=O) groups excluding carboxylic acids is 2. The van der Waals surface area contributed by atoms with Crippen LogP contribution in [0.2, 0.25) is 0 Å². The number of ether oxygens (including phenoxy) is 2. The minimum atomic E-state index is -0.747. The molecule has 7 heteroatoms. The summed E-state index contributed by atoms with van der Waals surface area (Å²) in [4.78, 5) is 22.5. The topological polar surface area (TPSA) is 64.6 Å². The Balaban J connectivity index is 2.58. The van der Waals surface area contributed by atoms with Crippen LogP contribution in [0, 0.1) is 5.82 Å². The summed E-state index contributed by atoms with van der Waals surface area (Å²) in [6, 6.07) is 1.30. The molecule has 1 aliphatic heterocycles. The van der Waals surface area contributed by atoms with Gasteiger partial charge in [-0.15, -0.1) is 0 Å². The zero-order valence-corrected chi connectivity index (χ0v) is 10.3. The van der Waals surface area contributed by atoms with Crippen LogP contribution in [0.3, 0.4) is 0 Å². The SMILES string of the molecule is COC(=O)c1cc2c(c(F)c1Br)OCC(=O)N2. The van der Waals surface area contributed by atoms with Crippen molar-refractivity contribution in [2.75, 3.05) is 19.0 Å². The molecule has 0 fully saturated rings. The van der Waals surface area contributed by atoms with Crippen LogP contribution in [0.15, 0.2) is 10.5 Å². The Hall–Kier alpha value is -1.63. The quantitative estimate of drug-likeness (QED) is 0.802. The lowest BCUT2D eigenvalue weighted by Gasteiger charge is -2.20. The smallest absolute Gasteiger partial charge is 0.339 e. The molecule has 0 unspecified atom stereocenters. The van der Waals surface area contributed by atoms with E-state index in [0.717, 1.165) is 0 Å². The van der Waals surface area contributed by atoms with Crippen molar-refractivity contribution in [1.29, 1.82) is 0 Å². The highest BCUT2D eigenvalue weighted by Crippen LogP contribution is 2.37. The van der Waals surface area contributed by atoms with Crippen LogP contribution in [0.25, 0.3) is 0 Å². The molecule has 1 aromatic rings. The highest BCUT2D eigenvalue weighted by Gasteiger charge is 2.26. The Kier molecular flexibility index (Phi) is 3.01. The monoisotopic (exact) mass is 303 g/mol. The average molecular weight is 304 g/mol. The lowest BCUT2D eigenvalue weighted by atomic mass is 10.1. The third kappa shape index (κ3) is 1.97. The van der Waals surface area contributed by atoms with Gasteiger partial charge in [0.2, 0.25) is 0 Å². The largest absolute Gasteiger partial charge is 0.478 e. The molecule has 5 nitrogen and oxygen atoms in total. The van der Waals surface area contributed by atoms with Crippen LogP contribution in [0.4, 0.5) is 10.1 Å². The predicted molar refractivity (Wildman–Crippen MR) is 59.6 cm³/mol. The zero-order valence-electron chi connectivity index (χ0n) is 8.67. The fourth-order valence-corrected chi connectivity index (χ4v) is 1.88. The number of benzene rings is 1. The molecule has 0 radical (unpaired) electrons. The molecule has 0 aliphatic carbocycles. The number of methoxy groups -OCH3 is 1. The maximum Gasteiger partial charge on any atom is 0.339 e. The van der Waals surface area contributed by atoms with E-state index in [1.54, 1.807) is 0 Å². The second kappa shape index (κ2) is 4.33. The Bertz CT molecular complexity index is 518. The molecule has 90 valence electrons. The molecule has 1 heterocycles. The number of nitrogens with one attached hydrogen (secondary N) is 1. The van der Waals surface area contributed by atoms with Crippen LogP contribution in [-0.2, 0) is 9.53 Å². The first-order chi connectivity index (χ1) is 8.04. The molecule has 1 N–H and O–H groups in total. The fraction of sp³-hybridized carbons (Fsp3) is 0.200. The van der Waals surface area contributed by atoms with Gasteiger partial charge in [-0.25, -0.2) is 9.18 Å². The van der Waals surface area contributed by atoms with Crippen molar-refractivity contribution < 1.29 is 23.5 Å². The number of carbonyl (C=O) groups is 2. The van der Waals surface area contributed by atoms with Gasteiger partial charge in [-0.05, 0) is 22.0 Å². The van der Waals surface area contributed by atoms with Gasteiger partial charge in [0.15, 0.2) is 18.2 Å². The van der Waals surface area contributed by atoms with Crippen molar-refractivity contribution in [2.24, 2.45) is 0 Å². The van der Waals surface area contributed by atoms with E-state index in [1.807, 2.05) is 0 Å². The first kappa shape index (κ1) is 11.8. The van der Waals surface area contributed by atoms with Crippen LogP contribution >= 0.6 is 15.9 Å². The van der Waals surface area contributed by atoms with E-state index in [4.69, 9.17) is 4.74 Å². The van der Waals surface area contributed by atoms with E-state index in [9.17, 15) is 14.0 Å². The predicted octanol–water partition coefficient (Wildman–Crippen LogP) is 1.71. The van der Waals surface area contributed by atoms with Gasteiger partial charge >= 0.3 is 5.97 Å². The summed E-state index contributed by atoms with van der Waals surface area (Å²) in [5.41, 5.74) is 0.0944. The highest BCUT2D eigenvalue weighted by atomic mass is 79.9. The van der Waals surface area contributed by atoms with Crippen LogP contribution < -0.4 is 10.1 Å². The van der Waals surface area contributed by atoms with E-state index in [-0.39, 0.29) is 28.1 Å². The van der Waals surface area contributed by atoms with E-state index in [2.05, 4.69) is 26.0 Å². The number of fused-ring (bicyclic) bond motifs is 1. The summed E-state index contributed by atoms with van der Waals surface area (Å²) in [6.07, 6.45) is 0. The molecule has 0 saturated carbocycles. The van der Waals surface area contributed by atoms with Crippen molar-refractivity contribution in [3.63, 3.8) is 0 Å². The van der Waals surface area contributed by atoms with Gasteiger partial charge < -0.3 is 14.8 Å². The number of hydrogen-bond donors (Lipinski definition) is 1. The van der Waals surface area contributed by atoms with Crippen molar-refractivity contribution in [3.8, 4) is 5.75 Å². The minimum absolute atomic E-state index is 0.0189. The Morgan fingerprint density at radius 2 is 2.35 bits per heavy atom. The van der Waals surface area contributed by atoms with Crippen LogP contribution in [0.1, 0.15) is 10.4 Å². The number of esters is 1. The van der Waals surface area contributed by atoms with Gasteiger partial charge in [-0.3, -0.25) is 4.79 Å². The van der Waals surface area contributed by atoms with E-state index in [0.29, 0.717) is 0 Å². The minimum Gasteiger partial charge on any atom is -0.478 e. The van der Waals surface area contributed by atoms with Gasteiger partial charge in [-0.1, -0.05) is 0 Å². The average Bonchev–Trinajstić information content (AvgIpc) is 2.32. The maximum atomic E-state index is 13.8. The fourth-order valence-electron chi connectivity index (χ4n) is 1.43. The first-order valence-corrected chi connectivity index (χ1v) is 5.37. The van der Waals surface area contributed by atoms with Gasteiger partial charge in [0.1, 0.15) is 0 Å². The molecule has 17 heavy (non-hydrogen) atoms. The molecular formula is C10H7BrFNO4. The van der Waals surface area contributed by atoms with E-state index >= 15 is 0 Å². The van der Waals surface area contributed by atoms with E-state index in [1.165, 1.54) is 13.2 Å². The number of anilines is 1. The lowest BCUT2D eigenvalue weighted by Crippen LogP contribution is -2.26. The standard InChI is InChI=1S/C10H7BrFNO4/c1-16-10(15)4-2-5-9(8(12)7(4)11)17-3-6(14)13-5/h2H,3H2,1H3,(H,13,14). The third-order valence-electron chi connectivity index (χ3n) is 2.19. The molecule has 1 amide bonds. The second-order valence-electron chi connectivity index (χ2n) is 3.26. The molecule has 0 atom stereocenters. The summed E-state index contributed by atoms with van der Waals surface area (Å²) in [5.74, 6) is -1.96. The molecular weight excluding hydrogens is 297 g/mol. The Labute approximate surface area is 104 Å². The summed E-state index contributed by atoms with van der Waals surface area (Å²) in [5, 5.41) is 2.41. The van der Waals surface area contributed by atoms with Crippen LogP contribution in [-0.4, -0.2) is 25.6 Å². The number of amides is 1. The van der Waals surface area contributed by atoms with E-state index < -0.39 is 17.7 Å². The van der Waals surface area contributed by atoms with Crippen molar-refractivity contribution in [3.05, 3.63) is 21.9 Å². The lowest BCUT2D eigenvalue weighted by molar-refractivity contribution is -0.118. The molecule has 0 bridgehead atoms.